The van der Waals surface area contributed by atoms with Crippen molar-refractivity contribution in [2.75, 3.05) is 6.61 Å². The molecule has 0 amide bonds. The first-order valence-electron chi connectivity index (χ1n) is 9.17. The van der Waals surface area contributed by atoms with Crippen LogP contribution in [0.3, 0.4) is 0 Å². The third-order valence-corrected chi connectivity index (χ3v) is 4.56. The number of benzene rings is 2. The molecule has 0 atom stereocenters. The van der Waals surface area contributed by atoms with E-state index >= 15 is 0 Å². The molecule has 0 bridgehead atoms. The minimum absolute atomic E-state index is 0.162. The van der Waals surface area contributed by atoms with Crippen LogP contribution in [0.1, 0.15) is 18.2 Å². The number of rotatable bonds is 7. The number of halogens is 1. The van der Waals surface area contributed by atoms with Crippen molar-refractivity contribution in [3.05, 3.63) is 86.6 Å². The second-order valence-electron chi connectivity index (χ2n) is 6.09. The number of nitro benzene ring substituents is 1. The second-order valence-corrected chi connectivity index (χ2v) is 6.95. The normalized spacial score (nSPS) is 11.5. The molecule has 10 heteroatoms. The van der Waals surface area contributed by atoms with Crippen LogP contribution in [0.2, 0.25) is 0 Å². The summed E-state index contributed by atoms with van der Waals surface area (Å²) in [6, 6.07) is 15.0. The molecule has 0 saturated heterocycles. The highest BCUT2D eigenvalue weighted by Crippen LogP contribution is 2.31. The van der Waals surface area contributed by atoms with Crippen molar-refractivity contribution in [1.29, 1.82) is 0 Å². The number of hydrazone groups is 1. The van der Waals surface area contributed by atoms with Crippen molar-refractivity contribution in [1.82, 2.24) is 10.4 Å². The Labute approximate surface area is 186 Å². The Hall–Kier alpha value is -3.79. The van der Waals surface area contributed by atoms with Crippen LogP contribution < -0.4 is 10.2 Å². The van der Waals surface area contributed by atoms with Crippen LogP contribution in [-0.4, -0.2) is 33.7 Å². The van der Waals surface area contributed by atoms with Crippen molar-refractivity contribution in [2.24, 2.45) is 10.1 Å². The van der Waals surface area contributed by atoms with E-state index in [2.05, 4.69) is 36.4 Å². The summed E-state index contributed by atoms with van der Waals surface area (Å²) in [7, 11) is 0. The molecular formula is C21H18BrN5O4. The SMILES string of the molecule is CCOc1ccc(N=C(N/N=C/c2cc([N+](=O)[O-])cc(Br)c2O)c2ccccn2)cc1. The maximum Gasteiger partial charge on any atom is 0.271 e. The lowest BCUT2D eigenvalue weighted by Gasteiger charge is -2.07. The molecule has 0 saturated carbocycles. The highest BCUT2D eigenvalue weighted by molar-refractivity contribution is 9.10. The molecule has 9 nitrogen and oxygen atoms in total. The van der Waals surface area contributed by atoms with Crippen molar-refractivity contribution >= 4 is 39.4 Å². The Morgan fingerprint density at radius 1 is 1.29 bits per heavy atom. The molecule has 3 aromatic rings. The monoisotopic (exact) mass is 483 g/mol. The number of phenolic OH excluding ortho intramolecular Hbond substituents is 1. The molecule has 2 N–H and O–H groups in total. The minimum Gasteiger partial charge on any atom is -0.506 e. The summed E-state index contributed by atoms with van der Waals surface area (Å²) in [6.07, 6.45) is 2.89. The van der Waals surface area contributed by atoms with E-state index in [0.29, 0.717) is 23.8 Å². The number of aliphatic imine (C=N–C) groups is 1. The van der Waals surface area contributed by atoms with E-state index in [0.717, 1.165) is 5.75 Å². The van der Waals surface area contributed by atoms with Crippen LogP contribution >= 0.6 is 15.9 Å². The number of nitrogens with zero attached hydrogens (tertiary/aromatic N) is 4. The van der Waals surface area contributed by atoms with Gasteiger partial charge in [-0.15, -0.1) is 0 Å². The van der Waals surface area contributed by atoms with Gasteiger partial charge < -0.3 is 9.84 Å². The van der Waals surface area contributed by atoms with Crippen molar-refractivity contribution in [3.63, 3.8) is 0 Å². The van der Waals surface area contributed by atoms with Gasteiger partial charge in [0.1, 0.15) is 17.2 Å². The van der Waals surface area contributed by atoms with Gasteiger partial charge in [-0.05, 0) is 59.3 Å². The number of aromatic nitrogens is 1. The van der Waals surface area contributed by atoms with Gasteiger partial charge in [-0.3, -0.25) is 20.5 Å². The Morgan fingerprint density at radius 2 is 2.06 bits per heavy atom. The minimum atomic E-state index is -0.554. The highest BCUT2D eigenvalue weighted by Gasteiger charge is 2.14. The molecule has 158 valence electrons. The van der Waals surface area contributed by atoms with Crippen LogP contribution in [0.25, 0.3) is 0 Å². The van der Waals surface area contributed by atoms with Gasteiger partial charge in [0.05, 0.1) is 27.9 Å². The Morgan fingerprint density at radius 3 is 2.71 bits per heavy atom. The molecule has 0 spiro atoms. The molecule has 2 aromatic carbocycles. The summed E-state index contributed by atoms with van der Waals surface area (Å²) in [6.45, 7) is 2.48. The average Bonchev–Trinajstić information content (AvgIpc) is 2.77. The van der Waals surface area contributed by atoms with Gasteiger partial charge in [0, 0.05) is 23.9 Å². The van der Waals surface area contributed by atoms with Crippen LogP contribution in [0.5, 0.6) is 11.5 Å². The van der Waals surface area contributed by atoms with Gasteiger partial charge in [-0.1, -0.05) is 6.07 Å². The fourth-order valence-corrected chi connectivity index (χ4v) is 2.99. The largest absolute Gasteiger partial charge is 0.506 e. The number of ether oxygens (including phenoxy) is 1. The summed E-state index contributed by atoms with van der Waals surface area (Å²) in [4.78, 5) is 19.3. The van der Waals surface area contributed by atoms with Gasteiger partial charge in [-0.2, -0.15) is 5.10 Å². The number of aromatic hydroxyl groups is 1. The van der Waals surface area contributed by atoms with Crippen LogP contribution in [0.15, 0.2) is 75.4 Å². The second kappa shape index (κ2) is 10.3. The molecule has 0 aliphatic heterocycles. The third-order valence-electron chi connectivity index (χ3n) is 3.96. The number of hydrogen-bond donors (Lipinski definition) is 2. The first-order chi connectivity index (χ1) is 15.0. The smallest absolute Gasteiger partial charge is 0.271 e. The number of nitro groups is 1. The van der Waals surface area contributed by atoms with E-state index in [1.807, 2.05) is 13.0 Å². The van der Waals surface area contributed by atoms with E-state index < -0.39 is 4.92 Å². The maximum atomic E-state index is 11.1. The molecule has 1 heterocycles. The summed E-state index contributed by atoms with van der Waals surface area (Å²) in [5.74, 6) is 0.919. The number of phenols is 1. The molecule has 0 fully saturated rings. The Bertz CT molecular complexity index is 1120. The van der Waals surface area contributed by atoms with E-state index in [1.165, 1.54) is 18.3 Å². The molecular weight excluding hydrogens is 466 g/mol. The molecule has 1 aromatic heterocycles. The highest BCUT2D eigenvalue weighted by atomic mass is 79.9. The summed E-state index contributed by atoms with van der Waals surface area (Å²) < 4.78 is 5.63. The fraction of sp³-hybridized carbons (Fsp3) is 0.0952. The maximum absolute atomic E-state index is 11.1. The van der Waals surface area contributed by atoms with Gasteiger partial charge in [0.2, 0.25) is 0 Å². The quantitative estimate of drug-likeness (QED) is 0.220. The predicted octanol–water partition coefficient (Wildman–Crippen LogP) is 4.56. The van der Waals surface area contributed by atoms with Gasteiger partial charge in [0.15, 0.2) is 5.84 Å². The van der Waals surface area contributed by atoms with Gasteiger partial charge in [0.25, 0.3) is 5.69 Å². The number of pyridine rings is 1. The van der Waals surface area contributed by atoms with E-state index in [4.69, 9.17) is 4.74 Å². The average molecular weight is 484 g/mol. The molecule has 0 radical (unpaired) electrons. The number of hydrogen-bond acceptors (Lipinski definition) is 7. The molecule has 0 unspecified atom stereocenters. The molecule has 0 aliphatic rings. The summed E-state index contributed by atoms with van der Waals surface area (Å²) in [5.41, 5.74) is 3.96. The third kappa shape index (κ3) is 5.86. The van der Waals surface area contributed by atoms with Gasteiger partial charge in [-0.25, -0.2) is 4.99 Å². The van der Waals surface area contributed by atoms with Crippen molar-refractivity contribution in [2.45, 2.75) is 6.92 Å². The first kappa shape index (κ1) is 21.9. The van der Waals surface area contributed by atoms with Gasteiger partial charge >= 0.3 is 0 Å². The van der Waals surface area contributed by atoms with E-state index in [9.17, 15) is 15.2 Å². The van der Waals surface area contributed by atoms with Crippen LogP contribution in [-0.2, 0) is 0 Å². The number of nitrogens with one attached hydrogen (secondary N) is 1. The molecule has 31 heavy (non-hydrogen) atoms. The zero-order valence-corrected chi connectivity index (χ0v) is 18.0. The van der Waals surface area contributed by atoms with Crippen LogP contribution in [0.4, 0.5) is 11.4 Å². The lowest BCUT2D eigenvalue weighted by Crippen LogP contribution is -2.20. The molecule has 0 aliphatic carbocycles. The standard InChI is InChI=1S/C21H18BrN5O4/c1-2-31-17-8-6-15(7-9-17)25-21(19-5-3-4-10-23-19)26-24-13-14-11-16(27(29)30)12-18(22)20(14)28/h3-13,28H,2H2,1H3,(H,25,26)/b24-13+. The fourth-order valence-electron chi connectivity index (χ4n) is 2.53. The van der Waals surface area contributed by atoms with E-state index in [-0.39, 0.29) is 21.5 Å². The predicted molar refractivity (Wildman–Crippen MR) is 121 cm³/mol. The number of non-ortho nitro benzene ring substituents is 1. The zero-order chi connectivity index (χ0) is 22.2. The van der Waals surface area contributed by atoms with Crippen LogP contribution in [0, 0.1) is 10.1 Å². The summed E-state index contributed by atoms with van der Waals surface area (Å²) in [5, 5.41) is 25.3. The summed E-state index contributed by atoms with van der Waals surface area (Å²) >= 11 is 3.10. The first-order valence-corrected chi connectivity index (χ1v) is 9.96. The lowest BCUT2D eigenvalue weighted by molar-refractivity contribution is -0.385. The van der Waals surface area contributed by atoms with E-state index in [1.54, 1.807) is 42.6 Å². The van der Waals surface area contributed by atoms with Crippen molar-refractivity contribution in [3.8, 4) is 11.5 Å². The lowest BCUT2D eigenvalue weighted by atomic mass is 10.2. The zero-order valence-electron chi connectivity index (χ0n) is 16.4. The van der Waals surface area contributed by atoms with Crippen molar-refractivity contribution < 1.29 is 14.8 Å². The number of amidine groups is 1. The molecule has 3 rings (SSSR count). The topological polar surface area (TPSA) is 122 Å². The Balaban J connectivity index is 1.89. The Kier molecular flexibility index (Phi) is 7.28.